The lowest BCUT2D eigenvalue weighted by Crippen LogP contribution is -2.47. The molecule has 1 atom stereocenters. The summed E-state index contributed by atoms with van der Waals surface area (Å²) in [5.74, 6) is -1.22. The molecule has 142 valence electrons. The number of hydrogen-bond donors (Lipinski definition) is 3. The molecule has 1 unspecified atom stereocenters. The summed E-state index contributed by atoms with van der Waals surface area (Å²) in [5, 5.41) is 14.8. The molecule has 2 amide bonds. The minimum absolute atomic E-state index is 0.0210. The molecule has 0 spiro atoms. The Kier molecular flexibility index (Phi) is 5.74. The molecule has 1 aliphatic carbocycles. The van der Waals surface area contributed by atoms with Crippen LogP contribution in [0.15, 0.2) is 54.6 Å². The molecule has 27 heavy (non-hydrogen) atoms. The first-order valence-electron chi connectivity index (χ1n) is 9.07. The van der Waals surface area contributed by atoms with Gasteiger partial charge in [-0.2, -0.15) is 0 Å². The number of carboxylic acids is 1. The minimum atomic E-state index is -0.895. The standard InChI is InChI=1S/C21H23FN2O3/c22-17-8-4-7-16(14-17)21(11-12-21)24-20(27)23-18(9-10-19(25)26)13-15-5-2-1-3-6-15/h1-8,14,18H,9-13H2,(H,25,26)(H2,23,24,27). The third kappa shape index (κ3) is 5.29. The van der Waals surface area contributed by atoms with Crippen molar-refractivity contribution in [1.29, 1.82) is 0 Å². The average molecular weight is 370 g/mol. The number of carbonyl (C=O) groups excluding carboxylic acids is 1. The smallest absolute Gasteiger partial charge is 0.315 e. The van der Waals surface area contributed by atoms with Crippen molar-refractivity contribution in [2.75, 3.05) is 0 Å². The average Bonchev–Trinajstić information content (AvgIpc) is 3.41. The van der Waals surface area contributed by atoms with Gasteiger partial charge in [-0.3, -0.25) is 4.79 Å². The quantitative estimate of drug-likeness (QED) is 0.664. The highest BCUT2D eigenvalue weighted by atomic mass is 19.1. The summed E-state index contributed by atoms with van der Waals surface area (Å²) in [6.07, 6.45) is 2.37. The van der Waals surface area contributed by atoms with Crippen LogP contribution in [0, 0.1) is 5.82 Å². The first kappa shape index (κ1) is 18.9. The lowest BCUT2D eigenvalue weighted by Gasteiger charge is -2.23. The van der Waals surface area contributed by atoms with Crippen LogP contribution in [0.2, 0.25) is 0 Å². The number of nitrogens with one attached hydrogen (secondary N) is 2. The highest BCUT2D eigenvalue weighted by Gasteiger charge is 2.46. The first-order chi connectivity index (χ1) is 13.0. The van der Waals surface area contributed by atoms with Crippen LogP contribution >= 0.6 is 0 Å². The Balaban J connectivity index is 1.64. The normalized spacial score (nSPS) is 15.6. The van der Waals surface area contributed by atoms with Gasteiger partial charge in [-0.1, -0.05) is 42.5 Å². The molecule has 0 bridgehead atoms. The lowest BCUT2D eigenvalue weighted by molar-refractivity contribution is -0.137. The molecule has 0 aromatic heterocycles. The number of carbonyl (C=O) groups is 2. The van der Waals surface area contributed by atoms with E-state index < -0.39 is 11.5 Å². The number of hydrogen-bond acceptors (Lipinski definition) is 2. The Labute approximate surface area is 157 Å². The Morgan fingerprint density at radius 2 is 1.85 bits per heavy atom. The van der Waals surface area contributed by atoms with Gasteiger partial charge < -0.3 is 15.7 Å². The number of rotatable bonds is 8. The van der Waals surface area contributed by atoms with Gasteiger partial charge in [-0.15, -0.1) is 0 Å². The fourth-order valence-electron chi connectivity index (χ4n) is 3.26. The minimum Gasteiger partial charge on any atom is -0.481 e. The van der Waals surface area contributed by atoms with Gasteiger partial charge in [0.1, 0.15) is 5.82 Å². The molecule has 0 aliphatic heterocycles. The number of halogens is 1. The Morgan fingerprint density at radius 3 is 2.48 bits per heavy atom. The van der Waals surface area contributed by atoms with Crippen molar-refractivity contribution in [3.63, 3.8) is 0 Å². The van der Waals surface area contributed by atoms with E-state index in [0.717, 1.165) is 24.0 Å². The van der Waals surface area contributed by atoms with Crippen molar-refractivity contribution in [3.05, 3.63) is 71.5 Å². The Morgan fingerprint density at radius 1 is 1.11 bits per heavy atom. The molecular formula is C21H23FN2O3. The summed E-state index contributed by atoms with van der Waals surface area (Å²) in [5.41, 5.74) is 1.25. The largest absolute Gasteiger partial charge is 0.481 e. The van der Waals surface area contributed by atoms with E-state index in [1.807, 2.05) is 36.4 Å². The molecule has 5 nitrogen and oxygen atoms in total. The second-order valence-corrected chi connectivity index (χ2v) is 7.01. The number of amides is 2. The second-order valence-electron chi connectivity index (χ2n) is 7.01. The van der Waals surface area contributed by atoms with Gasteiger partial charge in [0.2, 0.25) is 0 Å². The summed E-state index contributed by atoms with van der Waals surface area (Å²) in [6.45, 7) is 0. The van der Waals surface area contributed by atoms with E-state index in [9.17, 15) is 14.0 Å². The topological polar surface area (TPSA) is 78.4 Å². The molecule has 3 N–H and O–H groups in total. The van der Waals surface area contributed by atoms with Gasteiger partial charge in [0, 0.05) is 12.5 Å². The zero-order valence-electron chi connectivity index (χ0n) is 15.0. The van der Waals surface area contributed by atoms with E-state index in [1.165, 1.54) is 12.1 Å². The summed E-state index contributed by atoms with van der Waals surface area (Å²) in [4.78, 5) is 23.5. The maximum absolute atomic E-state index is 13.5. The van der Waals surface area contributed by atoms with Crippen molar-refractivity contribution < 1.29 is 19.1 Å². The highest BCUT2D eigenvalue weighted by Crippen LogP contribution is 2.45. The summed E-state index contributed by atoms with van der Waals surface area (Å²) in [6, 6.07) is 15.2. The third-order valence-corrected chi connectivity index (χ3v) is 4.85. The van der Waals surface area contributed by atoms with Gasteiger partial charge in [0.05, 0.1) is 5.54 Å². The van der Waals surface area contributed by atoms with Crippen molar-refractivity contribution in [2.45, 2.75) is 43.7 Å². The van der Waals surface area contributed by atoms with Crippen LogP contribution in [0.3, 0.4) is 0 Å². The van der Waals surface area contributed by atoms with Crippen molar-refractivity contribution in [1.82, 2.24) is 10.6 Å². The van der Waals surface area contributed by atoms with E-state index in [4.69, 9.17) is 5.11 Å². The van der Waals surface area contributed by atoms with Gasteiger partial charge in [0.25, 0.3) is 0 Å². The number of carboxylic acid groups (broad SMARTS) is 1. The van der Waals surface area contributed by atoms with Crippen LogP contribution in [-0.4, -0.2) is 23.1 Å². The van der Waals surface area contributed by atoms with E-state index in [-0.39, 0.29) is 24.3 Å². The fourth-order valence-corrected chi connectivity index (χ4v) is 3.26. The summed E-state index contributed by atoms with van der Waals surface area (Å²) >= 11 is 0. The second kappa shape index (κ2) is 8.20. The molecule has 2 aromatic rings. The molecule has 1 saturated carbocycles. The maximum atomic E-state index is 13.5. The fraction of sp³-hybridized carbons (Fsp3) is 0.333. The molecule has 0 heterocycles. The Hall–Kier alpha value is -2.89. The van der Waals surface area contributed by atoms with Crippen LogP contribution in [0.1, 0.15) is 36.8 Å². The monoisotopic (exact) mass is 370 g/mol. The van der Waals surface area contributed by atoms with E-state index in [2.05, 4.69) is 10.6 Å². The predicted molar refractivity (Wildman–Crippen MR) is 99.8 cm³/mol. The van der Waals surface area contributed by atoms with Gasteiger partial charge in [-0.05, 0) is 48.9 Å². The van der Waals surface area contributed by atoms with Crippen LogP contribution in [0.25, 0.3) is 0 Å². The molecule has 3 rings (SSSR count). The Bertz CT molecular complexity index is 806. The number of aliphatic carboxylic acids is 1. The number of urea groups is 1. The molecule has 0 radical (unpaired) electrons. The molecule has 2 aromatic carbocycles. The van der Waals surface area contributed by atoms with Gasteiger partial charge >= 0.3 is 12.0 Å². The first-order valence-corrected chi connectivity index (χ1v) is 9.07. The van der Waals surface area contributed by atoms with Crippen LogP contribution < -0.4 is 10.6 Å². The molecule has 6 heteroatoms. The van der Waals surface area contributed by atoms with E-state index >= 15 is 0 Å². The number of benzene rings is 2. The molecule has 1 fully saturated rings. The molecule has 1 aliphatic rings. The maximum Gasteiger partial charge on any atom is 0.315 e. The zero-order valence-corrected chi connectivity index (χ0v) is 15.0. The SMILES string of the molecule is O=C(O)CCC(Cc1ccccc1)NC(=O)NC1(c2cccc(F)c2)CC1. The molecule has 0 saturated heterocycles. The summed E-state index contributed by atoms with van der Waals surface area (Å²) < 4.78 is 13.5. The van der Waals surface area contributed by atoms with Crippen molar-refractivity contribution in [2.24, 2.45) is 0 Å². The van der Waals surface area contributed by atoms with Crippen LogP contribution in [-0.2, 0) is 16.8 Å². The predicted octanol–water partition coefficient (Wildman–Crippen LogP) is 3.59. The van der Waals surface area contributed by atoms with Gasteiger partial charge in [-0.25, -0.2) is 9.18 Å². The van der Waals surface area contributed by atoms with E-state index in [0.29, 0.717) is 12.8 Å². The lowest BCUT2D eigenvalue weighted by atomic mass is 10.0. The van der Waals surface area contributed by atoms with Crippen molar-refractivity contribution >= 4 is 12.0 Å². The molecular weight excluding hydrogens is 347 g/mol. The third-order valence-electron chi connectivity index (χ3n) is 4.85. The van der Waals surface area contributed by atoms with Crippen LogP contribution in [0.5, 0.6) is 0 Å². The zero-order chi connectivity index (χ0) is 19.3. The van der Waals surface area contributed by atoms with Crippen molar-refractivity contribution in [3.8, 4) is 0 Å². The van der Waals surface area contributed by atoms with Gasteiger partial charge in [0.15, 0.2) is 0 Å². The van der Waals surface area contributed by atoms with Crippen LogP contribution in [0.4, 0.5) is 9.18 Å². The summed E-state index contributed by atoms with van der Waals surface area (Å²) in [7, 11) is 0. The van der Waals surface area contributed by atoms with E-state index in [1.54, 1.807) is 6.07 Å². The highest BCUT2D eigenvalue weighted by molar-refractivity contribution is 5.76.